The molecule has 3 saturated carbocycles. The Kier molecular flexibility index (Phi) is 9.33. The van der Waals surface area contributed by atoms with Gasteiger partial charge in [0.15, 0.2) is 0 Å². The lowest BCUT2D eigenvalue weighted by atomic mass is 9.51. The number of quaternary nitrogens is 1. The second-order valence-corrected chi connectivity index (χ2v) is 10.6. The molecule has 0 aromatic carbocycles. The van der Waals surface area contributed by atoms with Crippen LogP contribution in [0.15, 0.2) is 35.0 Å². The predicted octanol–water partition coefficient (Wildman–Crippen LogP) is 3.41. The molecule has 0 spiro atoms. The highest BCUT2D eigenvalue weighted by Crippen LogP contribution is 2.62. The van der Waals surface area contributed by atoms with Crippen LogP contribution >= 0.6 is 0 Å². The second kappa shape index (κ2) is 11.2. The Hall–Kier alpha value is -1.67. The number of aliphatic hydroxyl groups excluding tert-OH is 2. The van der Waals surface area contributed by atoms with Gasteiger partial charge in [-0.2, -0.15) is 0 Å². The molecule has 0 saturated heterocycles. The van der Waals surface area contributed by atoms with Gasteiger partial charge in [0.25, 0.3) is 0 Å². The fraction of sp³-hybridized carbons (Fsp3) is 0.731. The van der Waals surface area contributed by atoms with Gasteiger partial charge in [-0.05, 0) is 99.1 Å². The molecule has 0 radical (unpaired) electrons. The highest BCUT2D eigenvalue weighted by Gasteiger charge is 2.56. The first-order valence-electron chi connectivity index (χ1n) is 12.0. The van der Waals surface area contributed by atoms with E-state index in [0.717, 1.165) is 51.5 Å². The number of hydrogen-bond donors (Lipinski definition) is 4. The molecule has 33 heavy (non-hydrogen) atoms. The third kappa shape index (κ3) is 5.88. The molecule has 3 fully saturated rings. The maximum absolute atomic E-state index is 11.0. The maximum Gasteiger partial charge on any atom is 0.117 e. The number of aliphatic carboxylic acids is 1. The van der Waals surface area contributed by atoms with Gasteiger partial charge in [-0.3, -0.25) is 0 Å². The van der Waals surface area contributed by atoms with Crippen molar-refractivity contribution in [3.8, 4) is 0 Å². The zero-order chi connectivity index (χ0) is 23.5. The standard InChI is InChI=1S/C24H37NO3.C2H4O2.H3N/c1-16-6-7-20-19(15-25-14-18-5-4-12-28-18)21(9-11-23(16,20)2)24(3)10-8-17(26)13-22(24)27;1-2(3)4;/h4-5,12,17,19-22,25-27H,1,6-11,13-15H2,2-3H3;1H3,(H,3,4);1H3/t17-,19+,20?,21?,22-,23-,24+;;/m0../s1. The van der Waals surface area contributed by atoms with Gasteiger partial charge in [-0.1, -0.05) is 26.0 Å². The van der Waals surface area contributed by atoms with Crippen LogP contribution < -0.4 is 16.6 Å². The lowest BCUT2D eigenvalue weighted by Crippen LogP contribution is -2.54. The normalized spacial score (nSPS) is 38.0. The zero-order valence-corrected chi connectivity index (χ0v) is 20.8. The van der Waals surface area contributed by atoms with E-state index in [9.17, 15) is 10.2 Å². The minimum absolute atomic E-state index is 0. The average Bonchev–Trinajstić information content (AvgIpc) is 3.33. The van der Waals surface area contributed by atoms with E-state index < -0.39 is 12.1 Å². The summed E-state index contributed by atoms with van der Waals surface area (Å²) in [5, 5.41) is 33.6. The first-order valence-corrected chi connectivity index (χ1v) is 12.0. The van der Waals surface area contributed by atoms with Gasteiger partial charge >= 0.3 is 0 Å². The molecule has 0 amide bonds. The monoisotopic (exact) mass is 464 g/mol. The number of hydrogen-bond acceptors (Lipinski definition) is 6. The summed E-state index contributed by atoms with van der Waals surface area (Å²) >= 11 is 0. The largest absolute Gasteiger partial charge is 0.550 e. The maximum atomic E-state index is 11.0. The molecule has 0 aliphatic heterocycles. The molecular weight excluding hydrogens is 420 g/mol. The molecular formula is C26H44N2O5. The fourth-order valence-corrected chi connectivity index (χ4v) is 6.79. The molecule has 7 nitrogen and oxygen atoms in total. The summed E-state index contributed by atoms with van der Waals surface area (Å²) in [6.45, 7) is 11.8. The number of fused-ring (bicyclic) bond motifs is 1. The van der Waals surface area contributed by atoms with Crippen molar-refractivity contribution in [2.75, 3.05) is 6.54 Å². The lowest BCUT2D eigenvalue weighted by molar-refractivity contribution is -0.302. The third-order valence-electron chi connectivity index (χ3n) is 8.77. The van der Waals surface area contributed by atoms with Gasteiger partial charge in [0, 0.05) is 5.97 Å². The molecule has 2 unspecified atom stereocenters. The molecule has 1 aromatic rings. The summed E-state index contributed by atoms with van der Waals surface area (Å²) in [4.78, 5) is 8.89. The van der Waals surface area contributed by atoms with Crippen LogP contribution in [0.3, 0.4) is 0 Å². The molecule has 7 atom stereocenters. The van der Waals surface area contributed by atoms with E-state index in [1.807, 2.05) is 12.1 Å². The molecule has 3 aliphatic rings. The first kappa shape index (κ1) is 27.6. The van der Waals surface area contributed by atoms with Crippen LogP contribution in [0.4, 0.5) is 0 Å². The van der Waals surface area contributed by atoms with E-state index in [4.69, 9.17) is 14.3 Å². The van der Waals surface area contributed by atoms with Crippen LogP contribution in [0.2, 0.25) is 0 Å². The molecule has 7 N–H and O–H groups in total. The van der Waals surface area contributed by atoms with Crippen LogP contribution in [0, 0.1) is 28.6 Å². The van der Waals surface area contributed by atoms with Crippen molar-refractivity contribution in [2.24, 2.45) is 28.6 Å². The van der Waals surface area contributed by atoms with Crippen molar-refractivity contribution < 1.29 is 24.5 Å². The van der Waals surface area contributed by atoms with Gasteiger partial charge in [0.05, 0.1) is 25.0 Å². The number of aliphatic hydroxyl groups is 2. The van der Waals surface area contributed by atoms with Crippen LogP contribution in [0.25, 0.3) is 0 Å². The summed E-state index contributed by atoms with van der Waals surface area (Å²) in [6, 6.07) is 3.95. The van der Waals surface area contributed by atoms with Gasteiger partial charge in [-0.25, -0.2) is 0 Å². The Morgan fingerprint density at radius 1 is 1.24 bits per heavy atom. The number of furan rings is 1. The lowest BCUT2D eigenvalue weighted by Gasteiger charge is -2.55. The SMILES string of the molecule is C=C1CCC2[C@@H](CNCc3ccco3)C([C@@]3(C)CC[C@H](O)C[C@@H]3O)CC[C@@]12C.CC(=O)[O-].[NH4+]. The van der Waals surface area contributed by atoms with Gasteiger partial charge in [0.2, 0.25) is 0 Å². The van der Waals surface area contributed by atoms with Gasteiger partial charge in [0.1, 0.15) is 5.76 Å². The Balaban J connectivity index is 0.000000714. The predicted molar refractivity (Wildman–Crippen MR) is 127 cm³/mol. The Bertz CT molecular complexity index is 778. The number of carboxylic acids is 1. The molecule has 3 aliphatic carbocycles. The summed E-state index contributed by atoms with van der Waals surface area (Å²) < 4.78 is 5.49. The van der Waals surface area contributed by atoms with Crippen molar-refractivity contribution in [2.45, 2.75) is 84.5 Å². The molecule has 4 rings (SSSR count). The summed E-state index contributed by atoms with van der Waals surface area (Å²) in [7, 11) is 0. The second-order valence-electron chi connectivity index (χ2n) is 10.6. The van der Waals surface area contributed by atoms with E-state index in [1.165, 1.54) is 18.4 Å². The molecule has 1 heterocycles. The van der Waals surface area contributed by atoms with E-state index in [2.05, 4.69) is 25.7 Å². The number of nitrogens with one attached hydrogen (secondary N) is 1. The van der Waals surface area contributed by atoms with Gasteiger partial charge in [-0.15, -0.1) is 0 Å². The molecule has 0 bridgehead atoms. The Labute approximate surface area is 198 Å². The van der Waals surface area contributed by atoms with Crippen molar-refractivity contribution in [1.82, 2.24) is 11.5 Å². The topological polar surface area (TPSA) is 142 Å². The highest BCUT2D eigenvalue weighted by atomic mass is 16.4. The highest BCUT2D eigenvalue weighted by molar-refractivity contribution is 5.60. The van der Waals surface area contributed by atoms with Crippen LogP contribution in [0.5, 0.6) is 0 Å². The van der Waals surface area contributed by atoms with Crippen LogP contribution in [-0.2, 0) is 11.3 Å². The number of carbonyl (C=O) groups excluding carboxylic acids is 1. The van der Waals surface area contributed by atoms with Crippen molar-refractivity contribution in [3.05, 3.63) is 36.3 Å². The quantitative estimate of drug-likeness (QED) is 0.492. The Morgan fingerprint density at radius 3 is 2.55 bits per heavy atom. The summed E-state index contributed by atoms with van der Waals surface area (Å²) in [5.74, 6) is 1.50. The number of carbonyl (C=O) groups is 1. The van der Waals surface area contributed by atoms with E-state index >= 15 is 0 Å². The average molecular weight is 465 g/mol. The molecule has 188 valence electrons. The Morgan fingerprint density at radius 2 is 1.94 bits per heavy atom. The fourth-order valence-electron chi connectivity index (χ4n) is 6.79. The summed E-state index contributed by atoms with van der Waals surface area (Å²) in [5.41, 5.74) is 1.56. The minimum atomic E-state index is -1.08. The van der Waals surface area contributed by atoms with Crippen LogP contribution in [-0.4, -0.2) is 34.9 Å². The van der Waals surface area contributed by atoms with E-state index in [-0.39, 0.29) is 23.1 Å². The van der Waals surface area contributed by atoms with Crippen molar-refractivity contribution in [1.29, 1.82) is 0 Å². The van der Waals surface area contributed by atoms with Gasteiger partial charge < -0.3 is 36.0 Å². The van der Waals surface area contributed by atoms with E-state index in [1.54, 1.807) is 6.26 Å². The molecule has 1 aromatic heterocycles. The number of allylic oxidation sites excluding steroid dienone is 1. The minimum Gasteiger partial charge on any atom is -0.550 e. The first-order chi connectivity index (χ1) is 15.1. The van der Waals surface area contributed by atoms with Crippen molar-refractivity contribution >= 4 is 5.97 Å². The van der Waals surface area contributed by atoms with Crippen molar-refractivity contribution in [3.63, 3.8) is 0 Å². The van der Waals surface area contributed by atoms with E-state index in [0.29, 0.717) is 24.2 Å². The van der Waals surface area contributed by atoms with Crippen LogP contribution in [0.1, 0.15) is 71.5 Å². The molecule has 7 heteroatoms. The number of carboxylic acid groups (broad SMARTS) is 1. The number of rotatable bonds is 5. The smallest absolute Gasteiger partial charge is 0.117 e. The third-order valence-corrected chi connectivity index (χ3v) is 8.77. The zero-order valence-electron chi connectivity index (χ0n) is 20.8. The summed E-state index contributed by atoms with van der Waals surface area (Å²) in [6.07, 6.45) is 7.89.